The topological polar surface area (TPSA) is 58.1 Å². The van der Waals surface area contributed by atoms with Crippen molar-refractivity contribution in [3.63, 3.8) is 0 Å². The molecule has 0 aliphatic carbocycles. The summed E-state index contributed by atoms with van der Waals surface area (Å²) in [5.74, 6) is -0.0378. The Morgan fingerprint density at radius 3 is 3.06 bits per heavy atom. The maximum atomic E-state index is 12.0. The second kappa shape index (κ2) is 6.24. The van der Waals surface area contributed by atoms with E-state index >= 15 is 0 Å². The molecule has 0 saturated carbocycles. The fourth-order valence-corrected chi connectivity index (χ4v) is 3.01. The van der Waals surface area contributed by atoms with Gasteiger partial charge in [0.05, 0.1) is 5.69 Å². The summed E-state index contributed by atoms with van der Waals surface area (Å²) in [4.78, 5) is 15.0. The van der Waals surface area contributed by atoms with Crippen LogP contribution in [0.5, 0.6) is 0 Å². The first kappa shape index (κ1) is 13.4. The molecule has 1 N–H and O–H groups in total. The van der Waals surface area contributed by atoms with E-state index in [9.17, 15) is 4.79 Å². The number of rotatable bonds is 4. The van der Waals surface area contributed by atoms with Gasteiger partial charge in [-0.05, 0) is 44.4 Å². The fourth-order valence-electron chi connectivity index (χ4n) is 2.44. The molecule has 1 fully saturated rings. The molecule has 2 heterocycles. The molecule has 1 saturated heterocycles. The summed E-state index contributed by atoms with van der Waals surface area (Å²) in [5, 5.41) is 6.87. The third-order valence-electron chi connectivity index (χ3n) is 3.51. The Kier molecular flexibility index (Phi) is 4.66. The van der Waals surface area contributed by atoms with Crippen molar-refractivity contribution in [3.05, 3.63) is 10.6 Å². The van der Waals surface area contributed by atoms with Crippen LogP contribution in [0.25, 0.3) is 0 Å². The van der Waals surface area contributed by atoms with Crippen molar-refractivity contribution in [1.29, 1.82) is 0 Å². The predicted molar refractivity (Wildman–Crippen MR) is 71.9 cm³/mol. The van der Waals surface area contributed by atoms with Gasteiger partial charge in [-0.3, -0.25) is 9.69 Å². The number of hydrogen-bond donors (Lipinski definition) is 1. The maximum absolute atomic E-state index is 12.0. The predicted octanol–water partition coefficient (Wildman–Crippen LogP) is 1.45. The Hall–Kier alpha value is -1.01. The molecular weight excluding hydrogens is 248 g/mol. The Balaban J connectivity index is 1.87. The van der Waals surface area contributed by atoms with Gasteiger partial charge < -0.3 is 5.32 Å². The van der Waals surface area contributed by atoms with Gasteiger partial charge in [-0.15, -0.1) is 5.10 Å². The SMILES string of the molecule is CCN1CCCCC1CNC(=O)c1snnc1C. The van der Waals surface area contributed by atoms with Crippen LogP contribution in [0.2, 0.25) is 0 Å². The minimum absolute atomic E-state index is 0.0378. The zero-order chi connectivity index (χ0) is 13.0. The van der Waals surface area contributed by atoms with Crippen LogP contribution in [-0.4, -0.2) is 46.1 Å². The largest absolute Gasteiger partial charge is 0.350 e. The van der Waals surface area contributed by atoms with Crippen molar-refractivity contribution in [2.24, 2.45) is 0 Å². The Morgan fingerprint density at radius 1 is 1.56 bits per heavy atom. The summed E-state index contributed by atoms with van der Waals surface area (Å²) in [7, 11) is 0. The normalized spacial score (nSPS) is 20.9. The number of aromatic nitrogens is 2. The lowest BCUT2D eigenvalue weighted by Gasteiger charge is -2.34. The number of amides is 1. The molecule has 0 bridgehead atoms. The van der Waals surface area contributed by atoms with Gasteiger partial charge in [0.25, 0.3) is 5.91 Å². The van der Waals surface area contributed by atoms with Crippen LogP contribution in [0.15, 0.2) is 0 Å². The molecule has 6 heteroatoms. The van der Waals surface area contributed by atoms with Crippen LogP contribution in [-0.2, 0) is 0 Å². The van der Waals surface area contributed by atoms with E-state index in [0.717, 1.165) is 31.2 Å². The Labute approximate surface area is 112 Å². The third kappa shape index (κ3) is 3.05. The van der Waals surface area contributed by atoms with Gasteiger partial charge in [0.15, 0.2) is 0 Å². The van der Waals surface area contributed by atoms with Gasteiger partial charge in [-0.1, -0.05) is 17.8 Å². The highest BCUT2D eigenvalue weighted by molar-refractivity contribution is 7.07. The van der Waals surface area contributed by atoms with Crippen molar-refractivity contribution < 1.29 is 4.79 Å². The molecule has 0 spiro atoms. The van der Waals surface area contributed by atoms with E-state index in [2.05, 4.69) is 26.7 Å². The van der Waals surface area contributed by atoms with E-state index in [1.165, 1.54) is 19.3 Å². The molecule has 1 atom stereocenters. The Bertz CT molecular complexity index is 407. The number of likely N-dealkylation sites (tertiary alicyclic amines) is 1. The van der Waals surface area contributed by atoms with Crippen molar-refractivity contribution in [3.8, 4) is 0 Å². The second-order valence-corrected chi connectivity index (χ2v) is 5.43. The lowest BCUT2D eigenvalue weighted by molar-refractivity contribution is 0.0921. The first-order chi connectivity index (χ1) is 8.72. The number of nitrogens with zero attached hydrogens (tertiary/aromatic N) is 3. The smallest absolute Gasteiger partial charge is 0.264 e. The highest BCUT2D eigenvalue weighted by Gasteiger charge is 2.22. The van der Waals surface area contributed by atoms with Crippen molar-refractivity contribution >= 4 is 17.4 Å². The number of carbonyl (C=O) groups is 1. The van der Waals surface area contributed by atoms with Gasteiger partial charge in [0.1, 0.15) is 4.88 Å². The van der Waals surface area contributed by atoms with Crippen LogP contribution >= 0.6 is 11.5 Å². The Morgan fingerprint density at radius 2 is 2.39 bits per heavy atom. The average Bonchev–Trinajstić information content (AvgIpc) is 2.82. The molecule has 5 nitrogen and oxygen atoms in total. The van der Waals surface area contributed by atoms with Crippen LogP contribution in [0.3, 0.4) is 0 Å². The van der Waals surface area contributed by atoms with Crippen LogP contribution < -0.4 is 5.32 Å². The lowest BCUT2D eigenvalue weighted by atomic mass is 10.0. The molecule has 0 aromatic carbocycles. The number of carbonyl (C=O) groups excluding carboxylic acids is 1. The minimum Gasteiger partial charge on any atom is -0.350 e. The van der Waals surface area contributed by atoms with Crippen LogP contribution in [0.4, 0.5) is 0 Å². The third-order valence-corrected chi connectivity index (χ3v) is 4.34. The highest BCUT2D eigenvalue weighted by Crippen LogP contribution is 2.16. The molecule has 1 unspecified atom stereocenters. The van der Waals surface area contributed by atoms with E-state index in [4.69, 9.17) is 0 Å². The molecule has 100 valence electrons. The average molecular weight is 268 g/mol. The first-order valence-corrected chi connectivity index (χ1v) is 7.31. The van der Waals surface area contributed by atoms with E-state index in [0.29, 0.717) is 16.6 Å². The number of piperidine rings is 1. The number of aryl methyl sites for hydroxylation is 1. The second-order valence-electron chi connectivity index (χ2n) is 4.68. The number of likely N-dealkylation sites (N-methyl/N-ethyl adjacent to an activating group) is 1. The molecule has 0 radical (unpaired) electrons. The summed E-state index contributed by atoms with van der Waals surface area (Å²) in [6.45, 7) is 6.93. The summed E-state index contributed by atoms with van der Waals surface area (Å²) in [6.07, 6.45) is 3.71. The molecule has 1 aliphatic heterocycles. The zero-order valence-corrected chi connectivity index (χ0v) is 11.8. The van der Waals surface area contributed by atoms with Crippen molar-refractivity contribution in [1.82, 2.24) is 19.8 Å². The first-order valence-electron chi connectivity index (χ1n) is 6.53. The van der Waals surface area contributed by atoms with E-state index in [1.807, 2.05) is 6.92 Å². The fraction of sp³-hybridized carbons (Fsp3) is 0.750. The minimum atomic E-state index is -0.0378. The lowest BCUT2D eigenvalue weighted by Crippen LogP contribution is -2.46. The summed E-state index contributed by atoms with van der Waals surface area (Å²) in [6, 6.07) is 0.480. The molecule has 1 aromatic rings. The van der Waals surface area contributed by atoms with E-state index < -0.39 is 0 Å². The number of nitrogens with one attached hydrogen (secondary N) is 1. The van der Waals surface area contributed by atoms with Gasteiger partial charge in [0, 0.05) is 12.6 Å². The van der Waals surface area contributed by atoms with Gasteiger partial charge in [-0.2, -0.15) is 0 Å². The zero-order valence-electron chi connectivity index (χ0n) is 11.0. The van der Waals surface area contributed by atoms with E-state index in [1.54, 1.807) is 0 Å². The number of hydrogen-bond acceptors (Lipinski definition) is 5. The molecule has 2 rings (SSSR count). The molecular formula is C12H20N4OS. The standard InChI is InChI=1S/C12H20N4OS/c1-3-16-7-5-4-6-10(16)8-13-12(17)11-9(2)14-15-18-11/h10H,3-8H2,1-2H3,(H,13,17). The maximum Gasteiger partial charge on any atom is 0.264 e. The van der Waals surface area contributed by atoms with Gasteiger partial charge in [0.2, 0.25) is 0 Å². The molecule has 1 aliphatic rings. The molecule has 1 aromatic heterocycles. The summed E-state index contributed by atoms with van der Waals surface area (Å²) < 4.78 is 3.79. The molecule has 1 amide bonds. The van der Waals surface area contributed by atoms with E-state index in [-0.39, 0.29) is 5.91 Å². The van der Waals surface area contributed by atoms with Gasteiger partial charge in [-0.25, -0.2) is 0 Å². The monoisotopic (exact) mass is 268 g/mol. The van der Waals surface area contributed by atoms with Crippen LogP contribution in [0.1, 0.15) is 41.6 Å². The highest BCUT2D eigenvalue weighted by atomic mass is 32.1. The quantitative estimate of drug-likeness (QED) is 0.898. The summed E-state index contributed by atoms with van der Waals surface area (Å²) >= 11 is 1.16. The van der Waals surface area contributed by atoms with Crippen LogP contribution in [0, 0.1) is 6.92 Å². The summed E-state index contributed by atoms with van der Waals surface area (Å²) in [5.41, 5.74) is 0.716. The van der Waals surface area contributed by atoms with Crippen molar-refractivity contribution in [2.75, 3.05) is 19.6 Å². The molecule has 18 heavy (non-hydrogen) atoms. The van der Waals surface area contributed by atoms with Gasteiger partial charge >= 0.3 is 0 Å². The van der Waals surface area contributed by atoms with Crippen molar-refractivity contribution in [2.45, 2.75) is 39.2 Å².